The van der Waals surface area contributed by atoms with Crippen LogP contribution in [0.15, 0.2) is 41.3 Å². The summed E-state index contributed by atoms with van der Waals surface area (Å²) in [6.07, 6.45) is -7.86. The van der Waals surface area contributed by atoms with Crippen LogP contribution < -0.4 is 5.32 Å². The van der Waals surface area contributed by atoms with E-state index in [4.69, 9.17) is 40.0 Å². The predicted octanol–water partition coefficient (Wildman–Crippen LogP) is 2.88. The molecule has 2 N–H and O–H groups in total. The molecular weight excluding hydrogens is 752 g/mol. The summed E-state index contributed by atoms with van der Waals surface area (Å²) in [5, 5.41) is 12.9. The van der Waals surface area contributed by atoms with E-state index in [1.807, 2.05) is 0 Å². The van der Waals surface area contributed by atoms with Crippen molar-refractivity contribution in [2.75, 3.05) is 19.0 Å². The zero-order valence-electron chi connectivity index (χ0n) is 28.7. The average Bonchev–Trinajstić information content (AvgIpc) is 3.09. The van der Waals surface area contributed by atoms with Crippen molar-refractivity contribution in [3.05, 3.63) is 58.6 Å². The van der Waals surface area contributed by atoms with E-state index in [0.717, 1.165) is 52.1 Å². The van der Waals surface area contributed by atoms with Crippen LogP contribution in [0.2, 0.25) is 5.02 Å². The van der Waals surface area contributed by atoms with Crippen molar-refractivity contribution in [1.29, 1.82) is 0 Å². The molecule has 4 fully saturated rings. The number of halogens is 3. The van der Waals surface area contributed by atoms with Crippen LogP contribution in [0.4, 0.5) is 14.5 Å². The van der Waals surface area contributed by atoms with E-state index in [1.165, 1.54) is 12.1 Å². The number of carbonyl (C=O) groups excluding carboxylic acids is 5. The minimum absolute atomic E-state index is 0.0470. The maximum Gasteiger partial charge on any atom is 0.339 e. The second-order valence-electron chi connectivity index (χ2n) is 13.0. The molecular formula is C34H36ClF2NO14S. The number of benzene rings is 2. The molecule has 2 unspecified atom stereocenters. The summed E-state index contributed by atoms with van der Waals surface area (Å²) in [4.78, 5) is 61.4. The van der Waals surface area contributed by atoms with Crippen molar-refractivity contribution in [3.8, 4) is 0 Å². The molecule has 7 atom stereocenters. The Bertz CT molecular complexity index is 1900. The van der Waals surface area contributed by atoms with E-state index in [0.29, 0.717) is 6.42 Å². The van der Waals surface area contributed by atoms with Gasteiger partial charge in [-0.15, -0.1) is 0 Å². The van der Waals surface area contributed by atoms with E-state index in [1.54, 1.807) is 0 Å². The molecule has 15 nitrogen and oxygen atoms in total. The van der Waals surface area contributed by atoms with E-state index < -0.39 is 111 Å². The maximum absolute atomic E-state index is 13.9. The number of hydrogen-bond donors (Lipinski definition) is 2. The number of fused-ring (bicyclic) bond motifs is 2. The lowest BCUT2D eigenvalue weighted by Gasteiger charge is -2.58. The van der Waals surface area contributed by atoms with Crippen LogP contribution in [0.1, 0.15) is 50.4 Å². The highest BCUT2D eigenvalue weighted by molar-refractivity contribution is 7.92. The Morgan fingerprint density at radius 2 is 1.49 bits per heavy atom. The molecule has 19 heteroatoms. The number of amides is 1. The Morgan fingerprint density at radius 3 is 2.08 bits per heavy atom. The van der Waals surface area contributed by atoms with Gasteiger partial charge in [0, 0.05) is 38.1 Å². The number of esters is 4. The van der Waals surface area contributed by atoms with E-state index >= 15 is 0 Å². The molecule has 2 bridgehead atoms. The topological polar surface area (TPSA) is 207 Å². The molecule has 6 rings (SSSR count). The van der Waals surface area contributed by atoms with E-state index in [9.17, 15) is 46.3 Å². The largest absolute Gasteiger partial charge is 0.467 e. The van der Waals surface area contributed by atoms with Gasteiger partial charge >= 0.3 is 23.9 Å². The van der Waals surface area contributed by atoms with Gasteiger partial charge in [0.25, 0.3) is 5.91 Å². The van der Waals surface area contributed by atoms with Gasteiger partial charge in [-0.3, -0.25) is 19.2 Å². The van der Waals surface area contributed by atoms with Crippen molar-refractivity contribution in [3.63, 3.8) is 0 Å². The van der Waals surface area contributed by atoms with Crippen molar-refractivity contribution >= 4 is 56.9 Å². The maximum atomic E-state index is 13.9. The normalized spacial score (nSPS) is 29.2. The molecule has 2 aromatic carbocycles. The first-order chi connectivity index (χ1) is 24.8. The fourth-order valence-corrected chi connectivity index (χ4v) is 9.40. The van der Waals surface area contributed by atoms with Gasteiger partial charge in [-0.25, -0.2) is 22.0 Å². The predicted molar refractivity (Wildman–Crippen MR) is 176 cm³/mol. The number of methoxy groups -OCH3 is 1. The van der Waals surface area contributed by atoms with Crippen LogP contribution in [0.5, 0.6) is 0 Å². The molecule has 1 saturated heterocycles. The zero-order chi connectivity index (χ0) is 39.0. The Kier molecular flexibility index (Phi) is 11.8. The molecule has 0 radical (unpaired) electrons. The Morgan fingerprint density at radius 1 is 0.887 bits per heavy atom. The summed E-state index contributed by atoms with van der Waals surface area (Å²) in [6.45, 7) is 2.60. The van der Waals surface area contributed by atoms with Crippen LogP contribution in [0.3, 0.4) is 0 Å². The van der Waals surface area contributed by atoms with Crippen molar-refractivity contribution < 1.29 is 74.7 Å². The summed E-state index contributed by atoms with van der Waals surface area (Å²) >= 11 is 6.30. The highest BCUT2D eigenvalue weighted by Gasteiger charge is 2.62. The van der Waals surface area contributed by atoms with Crippen LogP contribution in [-0.2, 0) is 57.4 Å². The minimum atomic E-state index is -4.20. The molecule has 1 aliphatic heterocycles. The zero-order valence-corrected chi connectivity index (χ0v) is 30.3. The minimum Gasteiger partial charge on any atom is -0.467 e. The first-order valence-electron chi connectivity index (χ1n) is 16.2. The molecule has 3 aliphatic carbocycles. The fraction of sp³-hybridized carbons (Fsp3) is 0.500. The second-order valence-corrected chi connectivity index (χ2v) is 15.6. The van der Waals surface area contributed by atoms with Crippen molar-refractivity contribution in [2.24, 2.45) is 11.8 Å². The molecule has 0 aromatic heterocycles. The third-order valence-electron chi connectivity index (χ3n) is 9.51. The Balaban J connectivity index is 1.32. The lowest BCUT2D eigenvalue weighted by atomic mass is 9.54. The number of hydrogen-bond acceptors (Lipinski definition) is 14. The van der Waals surface area contributed by atoms with Crippen LogP contribution in [0, 0.1) is 23.5 Å². The monoisotopic (exact) mass is 787 g/mol. The van der Waals surface area contributed by atoms with E-state index in [2.05, 4.69) is 5.32 Å². The van der Waals surface area contributed by atoms with Crippen LogP contribution >= 0.6 is 11.6 Å². The highest BCUT2D eigenvalue weighted by atomic mass is 35.5. The summed E-state index contributed by atoms with van der Waals surface area (Å²) in [5.74, 6) is -8.07. The standard InChI is InChI=1S/C34H36ClF2NO14S/c1-15(39)49-27-28(50-16(2)40)30(51-17(3)41)33(52-29(27)32(43)47-4)48-14-34(44)19-10-20(34)12-22(11-19)53(45,46)26-9-18(5-7-23(26)35)31(42)38-21-6-8-24(36)25(37)13-21/h5-9,13,19-20,22,27-30,33,44H,10-12,14H2,1-4H3,(H,38,42)/t19?,20?,22?,27-,28-,29-,30+,33+,34?/m0/s1. The number of nitrogens with one attached hydrogen (secondary N) is 1. The summed E-state index contributed by atoms with van der Waals surface area (Å²) in [6, 6.07) is 6.30. The number of rotatable bonds is 11. The lowest BCUT2D eigenvalue weighted by Crippen LogP contribution is -2.67. The summed E-state index contributed by atoms with van der Waals surface area (Å²) < 4.78 is 87.1. The second kappa shape index (κ2) is 15.6. The van der Waals surface area contributed by atoms with E-state index in [-0.39, 0.29) is 34.0 Å². The third-order valence-corrected chi connectivity index (χ3v) is 12.2. The summed E-state index contributed by atoms with van der Waals surface area (Å²) in [7, 11) is -3.17. The molecule has 2 aromatic rings. The van der Waals surface area contributed by atoms with Crippen LogP contribution in [0.25, 0.3) is 0 Å². The van der Waals surface area contributed by atoms with Gasteiger partial charge in [0.15, 0.2) is 52.2 Å². The first kappa shape index (κ1) is 40.0. The lowest BCUT2D eigenvalue weighted by molar-refractivity contribution is -0.319. The van der Waals surface area contributed by atoms with Gasteiger partial charge in [-0.1, -0.05) is 11.6 Å². The quantitative estimate of drug-likeness (QED) is 0.248. The third kappa shape index (κ3) is 8.31. The molecule has 3 saturated carbocycles. The number of sulfone groups is 1. The van der Waals surface area contributed by atoms with Gasteiger partial charge < -0.3 is 38.8 Å². The van der Waals surface area contributed by atoms with Gasteiger partial charge in [-0.05, 0) is 61.4 Å². The number of aliphatic hydroxyl groups is 1. The molecule has 1 amide bonds. The Hall–Kier alpha value is -4.23. The summed E-state index contributed by atoms with van der Waals surface area (Å²) in [5.41, 5.74) is -1.80. The van der Waals surface area contributed by atoms with Crippen molar-refractivity contribution in [2.45, 2.75) is 86.5 Å². The first-order valence-corrected chi connectivity index (χ1v) is 18.2. The number of anilines is 1. The SMILES string of the molecule is COC(=O)[C@H]1O[C@@H](OCC2(O)C3CC2CC(S(=O)(=O)c2cc(C(=O)Nc4ccc(F)c(F)c4)ccc2Cl)C3)[C@H](OC(C)=O)[C@@H](OC(C)=O)[C@@H]1OC(C)=O. The molecule has 1 heterocycles. The molecule has 53 heavy (non-hydrogen) atoms. The molecule has 0 spiro atoms. The average molecular weight is 788 g/mol. The van der Waals surface area contributed by atoms with Crippen molar-refractivity contribution in [1.82, 2.24) is 0 Å². The number of carbonyl (C=O) groups is 5. The van der Waals surface area contributed by atoms with Gasteiger partial charge in [0.1, 0.15) is 0 Å². The van der Waals surface area contributed by atoms with Gasteiger partial charge in [-0.2, -0.15) is 0 Å². The Labute approximate surface area is 307 Å². The fourth-order valence-electron chi connectivity index (χ4n) is 6.99. The van der Waals surface area contributed by atoms with Gasteiger partial charge in [0.05, 0.1) is 34.5 Å². The van der Waals surface area contributed by atoms with Crippen LogP contribution in [-0.4, -0.2) is 98.6 Å². The molecule has 288 valence electrons. The highest BCUT2D eigenvalue weighted by Crippen LogP contribution is 2.56. The smallest absolute Gasteiger partial charge is 0.339 e. The van der Waals surface area contributed by atoms with Gasteiger partial charge in [0.2, 0.25) is 0 Å². The molecule has 4 aliphatic rings. The number of ether oxygens (including phenoxy) is 6.